The lowest BCUT2D eigenvalue weighted by atomic mass is 9.92. The summed E-state index contributed by atoms with van der Waals surface area (Å²) in [5.74, 6) is 4.84. The second-order valence-electron chi connectivity index (χ2n) is 13.0. The number of halogens is 1. The second kappa shape index (κ2) is 22.9. The molecule has 6 aliphatic heterocycles. The maximum Gasteiger partial charge on any atom is 0.107 e. The molecule has 0 amide bonds. The Balaban J connectivity index is 0.000000201. The standard InChI is InChI=1S/C17H26O7.C14H24O7.C3H3Br/c1-2-3-18-10-17(11-19-4-14-7-22-14,12-20-5-15-8-23-15)13-21-6-16-9-24-16;15-7-14(8-16-1-11-4-19-11,9-17-2-12-5-20-12)10-18-3-13-6-21-13;1-2-3-4/h1,14-16H,3-13H2;11-13,15H,1-10H2;1H,3H2. The van der Waals surface area contributed by atoms with Crippen molar-refractivity contribution in [2.45, 2.75) is 36.6 Å². The Morgan fingerprint density at radius 2 is 0.735 bits per heavy atom. The topological polar surface area (TPSA) is 160 Å². The van der Waals surface area contributed by atoms with E-state index >= 15 is 0 Å². The lowest BCUT2D eigenvalue weighted by Crippen LogP contribution is -2.42. The molecular weight excluding hydrogens is 712 g/mol. The summed E-state index contributed by atoms with van der Waals surface area (Å²) in [6.07, 6.45) is 11.3. The lowest BCUT2D eigenvalue weighted by molar-refractivity contribution is -0.106. The van der Waals surface area contributed by atoms with Crippen molar-refractivity contribution in [3.05, 3.63) is 0 Å². The predicted molar refractivity (Wildman–Crippen MR) is 178 cm³/mol. The van der Waals surface area contributed by atoms with Gasteiger partial charge in [-0.3, -0.25) is 0 Å². The summed E-state index contributed by atoms with van der Waals surface area (Å²) < 4.78 is 70.9. The first-order valence-electron chi connectivity index (χ1n) is 16.8. The molecule has 15 heteroatoms. The number of rotatable bonds is 28. The summed E-state index contributed by atoms with van der Waals surface area (Å²) in [6, 6.07) is 0. The maximum atomic E-state index is 9.79. The zero-order valence-corrected chi connectivity index (χ0v) is 29.9. The molecule has 6 unspecified atom stereocenters. The van der Waals surface area contributed by atoms with Gasteiger partial charge in [0, 0.05) is 0 Å². The number of aliphatic hydroxyl groups is 1. The van der Waals surface area contributed by atoms with E-state index in [4.69, 9.17) is 74.4 Å². The maximum absolute atomic E-state index is 9.79. The van der Waals surface area contributed by atoms with E-state index in [1.807, 2.05) is 0 Å². The SMILES string of the molecule is C#CCBr.C#CCOCC(COCC1CO1)(COCC1CO1)COCC1CO1.OCC(COCC1CO1)(COCC1CO1)COCC1CO1. The van der Waals surface area contributed by atoms with Crippen molar-refractivity contribution in [3.8, 4) is 24.7 Å². The smallest absolute Gasteiger partial charge is 0.107 e. The summed E-state index contributed by atoms with van der Waals surface area (Å²) in [5, 5.41) is 10.4. The highest BCUT2D eigenvalue weighted by atomic mass is 79.9. The van der Waals surface area contributed by atoms with Gasteiger partial charge in [0.2, 0.25) is 0 Å². The van der Waals surface area contributed by atoms with Gasteiger partial charge in [0.05, 0.1) is 148 Å². The normalized spacial score (nSPS) is 29.0. The van der Waals surface area contributed by atoms with Crippen LogP contribution in [0.5, 0.6) is 0 Å². The van der Waals surface area contributed by atoms with Crippen LogP contribution in [-0.2, 0) is 61.6 Å². The van der Waals surface area contributed by atoms with E-state index in [1.165, 1.54) is 0 Å². The van der Waals surface area contributed by atoms with Gasteiger partial charge in [-0.05, 0) is 0 Å². The van der Waals surface area contributed by atoms with E-state index in [-0.39, 0.29) is 49.8 Å². The van der Waals surface area contributed by atoms with Crippen LogP contribution in [0.3, 0.4) is 0 Å². The van der Waals surface area contributed by atoms with Crippen molar-refractivity contribution >= 4 is 15.9 Å². The van der Waals surface area contributed by atoms with Gasteiger partial charge in [-0.15, -0.1) is 12.8 Å². The molecular formula is C34H53BrO14. The Morgan fingerprint density at radius 3 is 0.939 bits per heavy atom. The molecule has 14 nitrogen and oxygen atoms in total. The number of terminal acetylenes is 2. The predicted octanol–water partition coefficient (Wildman–Crippen LogP) is 0.0946. The fraction of sp³-hybridized carbons (Fsp3) is 0.882. The summed E-state index contributed by atoms with van der Waals surface area (Å²) >= 11 is 3.01. The van der Waals surface area contributed by atoms with Crippen LogP contribution >= 0.6 is 15.9 Å². The largest absolute Gasteiger partial charge is 0.396 e. The van der Waals surface area contributed by atoms with Gasteiger partial charge in [0.15, 0.2) is 0 Å². The van der Waals surface area contributed by atoms with Crippen molar-refractivity contribution in [2.24, 2.45) is 10.8 Å². The first kappa shape index (κ1) is 40.8. The van der Waals surface area contributed by atoms with Crippen molar-refractivity contribution in [2.75, 3.05) is 144 Å². The molecule has 6 atom stereocenters. The number of ether oxygens (including phenoxy) is 13. The van der Waals surface area contributed by atoms with E-state index in [0.717, 1.165) is 39.6 Å². The average molecular weight is 766 g/mol. The van der Waals surface area contributed by atoms with Crippen molar-refractivity contribution in [1.82, 2.24) is 0 Å². The molecule has 0 aliphatic carbocycles. The highest BCUT2D eigenvalue weighted by Crippen LogP contribution is 2.25. The molecule has 280 valence electrons. The van der Waals surface area contributed by atoms with E-state index in [9.17, 15) is 5.11 Å². The molecule has 0 aromatic rings. The summed E-state index contributed by atoms with van der Waals surface area (Å²) in [7, 11) is 0. The van der Waals surface area contributed by atoms with Crippen LogP contribution in [0.2, 0.25) is 0 Å². The van der Waals surface area contributed by atoms with Crippen LogP contribution < -0.4 is 0 Å². The van der Waals surface area contributed by atoms with Crippen LogP contribution in [0.4, 0.5) is 0 Å². The van der Waals surface area contributed by atoms with Crippen LogP contribution in [0, 0.1) is 35.5 Å². The minimum absolute atomic E-state index is 0.0461. The van der Waals surface area contributed by atoms with Crippen LogP contribution in [0.25, 0.3) is 0 Å². The third-order valence-electron chi connectivity index (χ3n) is 7.69. The van der Waals surface area contributed by atoms with Crippen molar-refractivity contribution in [1.29, 1.82) is 0 Å². The molecule has 49 heavy (non-hydrogen) atoms. The highest BCUT2D eigenvalue weighted by molar-refractivity contribution is 9.09. The molecule has 6 rings (SSSR count). The molecule has 6 fully saturated rings. The lowest BCUT2D eigenvalue weighted by Gasteiger charge is -2.32. The third-order valence-corrected chi connectivity index (χ3v) is 8.02. The molecule has 0 aromatic carbocycles. The second-order valence-corrected chi connectivity index (χ2v) is 13.6. The first-order valence-corrected chi connectivity index (χ1v) is 17.9. The molecule has 0 spiro atoms. The quantitative estimate of drug-likeness (QED) is 0.0495. The van der Waals surface area contributed by atoms with Crippen LogP contribution in [-0.4, -0.2) is 186 Å². The van der Waals surface area contributed by atoms with E-state index in [2.05, 4.69) is 27.8 Å². The minimum Gasteiger partial charge on any atom is -0.396 e. The monoisotopic (exact) mass is 764 g/mol. The van der Waals surface area contributed by atoms with Gasteiger partial charge in [0.25, 0.3) is 0 Å². The summed E-state index contributed by atoms with van der Waals surface area (Å²) in [6.45, 7) is 11.2. The summed E-state index contributed by atoms with van der Waals surface area (Å²) in [5.41, 5.74) is -0.950. The Labute approximate surface area is 298 Å². The van der Waals surface area contributed by atoms with Crippen molar-refractivity contribution in [3.63, 3.8) is 0 Å². The van der Waals surface area contributed by atoms with Crippen LogP contribution in [0.1, 0.15) is 0 Å². The molecule has 0 radical (unpaired) electrons. The van der Waals surface area contributed by atoms with E-state index in [1.54, 1.807) is 0 Å². The van der Waals surface area contributed by atoms with Gasteiger partial charge >= 0.3 is 0 Å². The van der Waals surface area contributed by atoms with Gasteiger partial charge < -0.3 is 66.7 Å². The molecule has 1 N–H and O–H groups in total. The first-order chi connectivity index (χ1) is 24.0. The molecule has 6 aliphatic rings. The number of hydrogen-bond acceptors (Lipinski definition) is 14. The summed E-state index contributed by atoms with van der Waals surface area (Å²) in [4.78, 5) is 0. The fourth-order valence-corrected chi connectivity index (χ4v) is 4.27. The Kier molecular flexibility index (Phi) is 19.0. The number of aliphatic hydroxyl groups excluding tert-OH is 1. The van der Waals surface area contributed by atoms with Gasteiger partial charge in [0.1, 0.15) is 43.2 Å². The zero-order valence-electron chi connectivity index (χ0n) is 28.3. The third kappa shape index (κ3) is 20.0. The highest BCUT2D eigenvalue weighted by Gasteiger charge is 2.37. The number of alkyl halides is 1. The number of hydrogen-bond donors (Lipinski definition) is 1. The Hall–Kier alpha value is -0.960. The Morgan fingerprint density at radius 1 is 0.490 bits per heavy atom. The minimum atomic E-state index is -0.543. The van der Waals surface area contributed by atoms with Gasteiger partial charge in [-0.1, -0.05) is 27.8 Å². The molecule has 0 bridgehead atoms. The fourth-order valence-electron chi connectivity index (χ4n) is 4.27. The van der Waals surface area contributed by atoms with Crippen LogP contribution in [0.15, 0.2) is 0 Å². The Bertz CT molecular complexity index is 876. The van der Waals surface area contributed by atoms with Gasteiger partial charge in [-0.2, -0.15) is 0 Å². The molecule has 6 saturated heterocycles. The van der Waals surface area contributed by atoms with Gasteiger partial charge in [-0.25, -0.2) is 0 Å². The molecule has 0 saturated carbocycles. The van der Waals surface area contributed by atoms with Crippen molar-refractivity contribution < 1.29 is 66.7 Å². The van der Waals surface area contributed by atoms with E-state index < -0.39 is 10.8 Å². The zero-order chi connectivity index (χ0) is 34.6. The molecule has 6 heterocycles. The number of epoxide rings is 6. The average Bonchev–Trinajstić information content (AvgIpc) is 3.90. The van der Waals surface area contributed by atoms with E-state index in [0.29, 0.717) is 91.2 Å². The molecule has 0 aromatic heterocycles.